The molecule has 0 amide bonds. The number of methoxy groups -OCH3 is 3. The molecule has 0 bridgehead atoms. The van der Waals surface area contributed by atoms with Gasteiger partial charge in [-0.2, -0.15) is 0 Å². The van der Waals surface area contributed by atoms with E-state index in [0.717, 1.165) is 16.3 Å². The monoisotopic (exact) mass is 728 g/mol. The van der Waals surface area contributed by atoms with Crippen LogP contribution >= 0.6 is 27.3 Å². The van der Waals surface area contributed by atoms with Crippen molar-refractivity contribution >= 4 is 50.1 Å². The van der Waals surface area contributed by atoms with Crippen LogP contribution in [0.4, 0.5) is 0 Å². The summed E-state index contributed by atoms with van der Waals surface area (Å²) in [5, 5.41) is 2.26. The lowest BCUT2D eigenvalue weighted by molar-refractivity contribution is -0.139. The van der Waals surface area contributed by atoms with Gasteiger partial charge < -0.3 is 23.7 Å². The van der Waals surface area contributed by atoms with Gasteiger partial charge in [0.05, 0.1) is 54.3 Å². The predicted octanol–water partition coefficient (Wildman–Crippen LogP) is 6.32. The van der Waals surface area contributed by atoms with Crippen molar-refractivity contribution in [3.05, 3.63) is 125 Å². The molecule has 4 aromatic carbocycles. The lowest BCUT2D eigenvalue weighted by Gasteiger charge is -2.25. The number of ether oxygens (including phenoxy) is 5. The number of aromatic nitrogens is 1. The lowest BCUT2D eigenvalue weighted by Crippen LogP contribution is -2.40. The van der Waals surface area contributed by atoms with Crippen LogP contribution in [0.2, 0.25) is 0 Å². The number of carbonyl (C=O) groups excluding carboxylic acids is 1. The fourth-order valence-corrected chi connectivity index (χ4v) is 7.43. The van der Waals surface area contributed by atoms with E-state index in [1.807, 2.05) is 36.4 Å². The first-order chi connectivity index (χ1) is 23.3. The predicted molar refractivity (Wildman–Crippen MR) is 189 cm³/mol. The lowest BCUT2D eigenvalue weighted by atomic mass is 9.95. The molecule has 0 unspecified atom stereocenters. The van der Waals surface area contributed by atoms with E-state index in [0.29, 0.717) is 60.2 Å². The first-order valence-corrected chi connectivity index (χ1v) is 16.8. The zero-order valence-electron chi connectivity index (χ0n) is 27.0. The van der Waals surface area contributed by atoms with E-state index in [4.69, 9.17) is 23.7 Å². The van der Waals surface area contributed by atoms with Crippen molar-refractivity contribution in [1.82, 2.24) is 4.57 Å². The molecule has 11 heteroatoms. The second kappa shape index (κ2) is 14.1. The molecular formula is C37H33BrN2O7S. The summed E-state index contributed by atoms with van der Waals surface area (Å²) in [5.41, 5.74) is 2.85. The minimum atomic E-state index is -0.798. The van der Waals surface area contributed by atoms with E-state index in [1.165, 1.54) is 23.0 Å². The number of benzene rings is 4. The number of fused-ring (bicyclic) bond motifs is 2. The van der Waals surface area contributed by atoms with Crippen molar-refractivity contribution in [2.24, 2.45) is 4.99 Å². The van der Waals surface area contributed by atoms with Crippen molar-refractivity contribution in [2.45, 2.75) is 26.5 Å². The van der Waals surface area contributed by atoms with Crippen molar-refractivity contribution in [3.8, 4) is 23.0 Å². The van der Waals surface area contributed by atoms with E-state index < -0.39 is 12.0 Å². The Balaban J connectivity index is 1.41. The summed E-state index contributed by atoms with van der Waals surface area (Å²) >= 11 is 4.89. The van der Waals surface area contributed by atoms with Gasteiger partial charge in [0.2, 0.25) is 0 Å². The average Bonchev–Trinajstić information content (AvgIpc) is 3.39. The first kappa shape index (κ1) is 33.0. The topological polar surface area (TPSA) is 97.6 Å². The Labute approximate surface area is 289 Å². The Morgan fingerprint density at radius 1 is 0.958 bits per heavy atom. The quantitative estimate of drug-likeness (QED) is 0.155. The number of hydrogen-bond donors (Lipinski definition) is 0. The van der Waals surface area contributed by atoms with Crippen molar-refractivity contribution < 1.29 is 28.5 Å². The van der Waals surface area contributed by atoms with Crippen molar-refractivity contribution in [1.29, 1.82) is 0 Å². The molecule has 6 rings (SSSR count). The Morgan fingerprint density at radius 2 is 1.71 bits per heavy atom. The number of rotatable bonds is 10. The molecule has 0 radical (unpaired) electrons. The maximum Gasteiger partial charge on any atom is 0.338 e. The van der Waals surface area contributed by atoms with Crippen LogP contribution in [0.5, 0.6) is 23.0 Å². The van der Waals surface area contributed by atoms with Gasteiger partial charge in [0.1, 0.15) is 6.61 Å². The number of carbonyl (C=O) groups is 1. The molecule has 0 N–H and O–H groups in total. The van der Waals surface area contributed by atoms with Crippen LogP contribution in [0.3, 0.4) is 0 Å². The highest BCUT2D eigenvalue weighted by molar-refractivity contribution is 9.10. The highest BCUT2D eigenvalue weighted by atomic mass is 79.9. The van der Waals surface area contributed by atoms with Gasteiger partial charge in [0, 0.05) is 0 Å². The molecule has 0 aliphatic carbocycles. The van der Waals surface area contributed by atoms with E-state index in [1.54, 1.807) is 52.3 Å². The van der Waals surface area contributed by atoms with Crippen LogP contribution in [0.15, 0.2) is 98.3 Å². The minimum absolute atomic E-state index is 0.178. The van der Waals surface area contributed by atoms with Crippen LogP contribution in [-0.2, 0) is 16.1 Å². The van der Waals surface area contributed by atoms with Crippen molar-refractivity contribution in [2.75, 3.05) is 27.9 Å². The number of esters is 1. The molecule has 1 aromatic heterocycles. The smallest absolute Gasteiger partial charge is 0.338 e. The fraction of sp³-hybridized carbons (Fsp3) is 0.216. The molecule has 9 nitrogen and oxygen atoms in total. The van der Waals surface area contributed by atoms with Gasteiger partial charge in [0.25, 0.3) is 5.56 Å². The molecule has 0 fully saturated rings. The highest BCUT2D eigenvalue weighted by Gasteiger charge is 2.34. The summed E-state index contributed by atoms with van der Waals surface area (Å²) < 4.78 is 31.0. The van der Waals surface area contributed by atoms with Crippen LogP contribution in [0.1, 0.15) is 36.6 Å². The largest absolute Gasteiger partial charge is 0.493 e. The standard InChI is InChI=1S/C37H33BrN2O7S/c1-6-46-36(42)32-21(2)39-37-40(33(32)24-14-15-28(43-3)29(19-24)44-4)35(41)31(48-37)18-22-16-27(38)34(30(17-22)45-5)47-20-25-12-9-11-23-10-7-8-13-26(23)25/h7-19,33H,6,20H2,1-5H3/b31-18-/t33-/m1/s1. The summed E-state index contributed by atoms with van der Waals surface area (Å²) in [7, 11) is 4.66. The van der Waals surface area contributed by atoms with Gasteiger partial charge >= 0.3 is 5.97 Å². The number of nitrogens with zero attached hydrogens (tertiary/aromatic N) is 2. The Kier molecular flexibility index (Phi) is 9.70. The van der Waals surface area contributed by atoms with Crippen LogP contribution in [-0.4, -0.2) is 38.5 Å². The van der Waals surface area contributed by atoms with Crippen LogP contribution in [0.25, 0.3) is 16.8 Å². The maximum atomic E-state index is 14.2. The van der Waals surface area contributed by atoms with Crippen molar-refractivity contribution in [3.63, 3.8) is 0 Å². The van der Waals surface area contributed by atoms with Gasteiger partial charge in [-0.25, -0.2) is 9.79 Å². The third-order valence-electron chi connectivity index (χ3n) is 8.04. The zero-order chi connectivity index (χ0) is 33.9. The van der Waals surface area contributed by atoms with E-state index >= 15 is 0 Å². The third-order valence-corrected chi connectivity index (χ3v) is 9.61. The first-order valence-electron chi connectivity index (χ1n) is 15.2. The van der Waals surface area contributed by atoms with Gasteiger partial charge in [-0.1, -0.05) is 59.9 Å². The molecule has 0 saturated heterocycles. The second-order valence-electron chi connectivity index (χ2n) is 10.9. The molecule has 0 spiro atoms. The molecule has 1 aliphatic rings. The van der Waals surface area contributed by atoms with Gasteiger partial charge in [0.15, 0.2) is 27.8 Å². The van der Waals surface area contributed by atoms with Gasteiger partial charge in [-0.05, 0) is 87.6 Å². The molecule has 48 heavy (non-hydrogen) atoms. The molecule has 5 aromatic rings. The normalized spacial score (nSPS) is 14.4. The average molecular weight is 730 g/mol. The van der Waals surface area contributed by atoms with Crippen LogP contribution in [0, 0.1) is 0 Å². The summed E-state index contributed by atoms with van der Waals surface area (Å²) in [6.07, 6.45) is 1.78. The zero-order valence-corrected chi connectivity index (χ0v) is 29.4. The Bertz CT molecular complexity index is 2250. The molecule has 1 aliphatic heterocycles. The fourth-order valence-electron chi connectivity index (χ4n) is 5.81. The third kappa shape index (κ3) is 6.23. The van der Waals surface area contributed by atoms with E-state index in [2.05, 4.69) is 39.1 Å². The summed E-state index contributed by atoms with van der Waals surface area (Å²) in [6.45, 7) is 4.00. The number of hydrogen-bond acceptors (Lipinski definition) is 9. The highest BCUT2D eigenvalue weighted by Crippen LogP contribution is 2.38. The second-order valence-corrected chi connectivity index (χ2v) is 12.7. The van der Waals surface area contributed by atoms with E-state index in [-0.39, 0.29) is 17.7 Å². The van der Waals surface area contributed by atoms with Gasteiger partial charge in [-0.3, -0.25) is 9.36 Å². The number of thiazole rings is 1. The molecule has 2 heterocycles. The maximum absolute atomic E-state index is 14.2. The Morgan fingerprint density at radius 3 is 2.46 bits per heavy atom. The SMILES string of the molecule is CCOC(=O)C1=C(C)N=c2s/c(=C\c3cc(Br)c(OCc4cccc5ccccc45)c(OC)c3)c(=O)n2[C@@H]1c1ccc(OC)c(OC)c1. The van der Waals surface area contributed by atoms with Crippen LogP contribution < -0.4 is 33.8 Å². The molecule has 246 valence electrons. The summed E-state index contributed by atoms with van der Waals surface area (Å²) in [4.78, 5) is 32.6. The molecule has 1 atom stereocenters. The van der Waals surface area contributed by atoms with E-state index in [9.17, 15) is 9.59 Å². The summed E-state index contributed by atoms with van der Waals surface area (Å²) in [6, 6.07) is 22.5. The van der Waals surface area contributed by atoms with Gasteiger partial charge in [-0.15, -0.1) is 0 Å². The Hall–Kier alpha value is -4.87. The number of halogens is 1. The number of allylic oxidation sites excluding steroid dienone is 1. The summed E-state index contributed by atoms with van der Waals surface area (Å²) in [5.74, 6) is 1.51. The minimum Gasteiger partial charge on any atom is -0.493 e. The molecule has 0 saturated carbocycles. The molecular weight excluding hydrogens is 696 g/mol.